The number of carbonyl (C=O) groups excluding carboxylic acids is 4. The van der Waals surface area contributed by atoms with Crippen LogP contribution in [-0.4, -0.2) is 59.2 Å². The Bertz CT molecular complexity index is 1510. The Kier molecular flexibility index (Phi) is 9.08. The van der Waals surface area contributed by atoms with Crippen LogP contribution in [0.25, 0.3) is 0 Å². The Labute approximate surface area is 246 Å². The molecule has 3 aromatic rings. The summed E-state index contributed by atoms with van der Waals surface area (Å²) >= 11 is 0. The summed E-state index contributed by atoms with van der Waals surface area (Å²) in [5.41, 5.74) is 1.12. The van der Waals surface area contributed by atoms with Gasteiger partial charge < -0.3 is 20.9 Å². The Morgan fingerprint density at radius 2 is 1.14 bits per heavy atom. The molecule has 0 bridgehead atoms. The molecule has 224 valence electrons. The number of rotatable bonds is 6. The fraction of sp³-hybridized carbons (Fsp3) is 0.312. The number of hydrogen-bond acceptors (Lipinski definition) is 4. The first-order chi connectivity index (χ1) is 20.7. The molecule has 5 rings (SSSR count). The highest BCUT2D eigenvalue weighted by molar-refractivity contribution is 5.98. The second kappa shape index (κ2) is 13.1. The third-order valence-electron chi connectivity index (χ3n) is 7.80. The predicted octanol–water partition coefficient (Wildman–Crippen LogP) is 2.59. The minimum absolute atomic E-state index is 0.0730. The van der Waals surface area contributed by atoms with E-state index in [0.29, 0.717) is 25.0 Å². The first-order valence-electron chi connectivity index (χ1n) is 14.1. The van der Waals surface area contributed by atoms with Crippen molar-refractivity contribution in [2.45, 2.75) is 56.3 Å². The lowest BCUT2D eigenvalue weighted by molar-refractivity contribution is -0.143. The van der Waals surface area contributed by atoms with Gasteiger partial charge >= 0.3 is 0 Å². The molecule has 4 amide bonds. The molecule has 0 saturated carbocycles. The van der Waals surface area contributed by atoms with E-state index in [0.717, 1.165) is 11.1 Å². The number of nitrogens with one attached hydrogen (secondary N) is 3. The third kappa shape index (κ3) is 7.04. The van der Waals surface area contributed by atoms with Gasteiger partial charge in [-0.1, -0.05) is 60.7 Å². The summed E-state index contributed by atoms with van der Waals surface area (Å²) < 4.78 is 42.4. The van der Waals surface area contributed by atoms with Gasteiger partial charge in [-0.05, 0) is 35.6 Å². The van der Waals surface area contributed by atoms with E-state index in [-0.39, 0.29) is 24.9 Å². The van der Waals surface area contributed by atoms with Crippen molar-refractivity contribution in [1.82, 2.24) is 20.9 Å². The van der Waals surface area contributed by atoms with Crippen LogP contribution >= 0.6 is 0 Å². The van der Waals surface area contributed by atoms with Crippen molar-refractivity contribution in [2.75, 3.05) is 6.54 Å². The lowest BCUT2D eigenvalue weighted by Gasteiger charge is -2.32. The van der Waals surface area contributed by atoms with Crippen LogP contribution in [0.3, 0.4) is 0 Å². The van der Waals surface area contributed by atoms with Gasteiger partial charge in [0.05, 0.1) is 0 Å². The Morgan fingerprint density at radius 3 is 1.77 bits per heavy atom. The van der Waals surface area contributed by atoms with Gasteiger partial charge in [-0.3, -0.25) is 19.2 Å². The first-order valence-corrected chi connectivity index (χ1v) is 14.1. The van der Waals surface area contributed by atoms with E-state index in [1.54, 1.807) is 60.7 Å². The number of nitrogens with zero attached hydrogens (tertiary/aromatic N) is 1. The van der Waals surface area contributed by atoms with Crippen LogP contribution in [-0.2, 0) is 38.4 Å². The van der Waals surface area contributed by atoms with Gasteiger partial charge in [0.1, 0.15) is 30.0 Å². The van der Waals surface area contributed by atoms with E-state index in [1.165, 1.54) is 4.90 Å². The zero-order chi connectivity index (χ0) is 30.5. The Hall–Kier alpha value is -4.67. The van der Waals surface area contributed by atoms with Crippen molar-refractivity contribution in [3.63, 3.8) is 0 Å². The van der Waals surface area contributed by atoms with Crippen molar-refractivity contribution in [2.24, 2.45) is 0 Å². The monoisotopic (exact) mass is 592 g/mol. The zero-order valence-corrected chi connectivity index (χ0v) is 23.2. The molecule has 4 atom stereocenters. The largest absolute Gasteiger partial charge is 0.342 e. The minimum Gasteiger partial charge on any atom is -0.342 e. The van der Waals surface area contributed by atoms with E-state index in [4.69, 9.17) is 0 Å². The smallest absolute Gasteiger partial charge is 0.246 e. The van der Waals surface area contributed by atoms with E-state index in [2.05, 4.69) is 16.0 Å². The van der Waals surface area contributed by atoms with Crippen LogP contribution in [0.5, 0.6) is 0 Å². The molecule has 11 heteroatoms. The van der Waals surface area contributed by atoms with Crippen LogP contribution in [0.4, 0.5) is 13.2 Å². The molecule has 2 heterocycles. The van der Waals surface area contributed by atoms with Crippen LogP contribution < -0.4 is 16.0 Å². The van der Waals surface area contributed by atoms with Crippen LogP contribution in [0.15, 0.2) is 72.8 Å². The van der Waals surface area contributed by atoms with Crippen molar-refractivity contribution >= 4 is 23.6 Å². The highest BCUT2D eigenvalue weighted by atomic mass is 19.2. The molecule has 8 nitrogen and oxygen atoms in total. The molecule has 0 aromatic heterocycles. The van der Waals surface area contributed by atoms with E-state index in [1.807, 2.05) is 0 Å². The molecule has 3 aromatic carbocycles. The molecule has 2 aliphatic rings. The normalized spacial score (nSPS) is 23.0. The van der Waals surface area contributed by atoms with Crippen molar-refractivity contribution < 1.29 is 32.3 Å². The van der Waals surface area contributed by atoms with Gasteiger partial charge in [-0.15, -0.1) is 0 Å². The number of benzene rings is 3. The van der Waals surface area contributed by atoms with Gasteiger partial charge in [0.25, 0.3) is 0 Å². The predicted molar refractivity (Wildman–Crippen MR) is 151 cm³/mol. The molecule has 3 N–H and O–H groups in total. The fourth-order valence-corrected chi connectivity index (χ4v) is 5.57. The van der Waals surface area contributed by atoms with Crippen molar-refractivity contribution in [3.05, 3.63) is 107 Å². The average Bonchev–Trinajstić information content (AvgIpc) is 3.49. The molecular weight excluding hydrogens is 561 g/mol. The molecular formula is C32H31F3N4O4. The standard InChI is InChI=1S/C32H31F3N4O4/c33-22-18-24(35)23(34)16-21(22)17-26-30(41)38-27(15-20-10-5-2-6-11-20)32(43)39-13-7-12-28(39)31(42)37-25(29(40)36-26)14-19-8-3-1-4-9-19/h1-6,8-11,16,18,25-28H,7,12-15,17H2,(H,36,40)(H,37,42)(H,38,41)/t25-,26+,27-,28+/m0/s1. The Morgan fingerprint density at radius 1 is 0.628 bits per heavy atom. The molecule has 2 aliphatic heterocycles. The molecule has 0 radical (unpaired) electrons. The summed E-state index contributed by atoms with van der Waals surface area (Å²) in [6.07, 6.45) is 0.576. The van der Waals surface area contributed by atoms with Gasteiger partial charge in [-0.2, -0.15) is 0 Å². The summed E-state index contributed by atoms with van der Waals surface area (Å²) in [7, 11) is 0. The number of carbonyl (C=O) groups is 4. The highest BCUT2D eigenvalue weighted by Gasteiger charge is 2.41. The molecule has 0 spiro atoms. The summed E-state index contributed by atoms with van der Waals surface area (Å²) in [4.78, 5) is 56.2. The van der Waals surface area contributed by atoms with Crippen LogP contribution in [0.1, 0.15) is 29.5 Å². The fourth-order valence-electron chi connectivity index (χ4n) is 5.57. The third-order valence-corrected chi connectivity index (χ3v) is 7.80. The van der Waals surface area contributed by atoms with Gasteiger partial charge in [0, 0.05) is 31.9 Å². The first kappa shape index (κ1) is 29.8. The lowest BCUT2D eigenvalue weighted by atomic mass is 9.99. The summed E-state index contributed by atoms with van der Waals surface area (Å²) in [5.74, 6) is -6.33. The Balaban J connectivity index is 1.52. The van der Waals surface area contributed by atoms with Gasteiger partial charge in [0.15, 0.2) is 11.6 Å². The van der Waals surface area contributed by atoms with Gasteiger partial charge in [0.2, 0.25) is 23.6 Å². The van der Waals surface area contributed by atoms with Crippen molar-refractivity contribution in [3.8, 4) is 0 Å². The SMILES string of the molecule is O=C1N[C@H](Cc2cc(F)c(F)cc2F)C(=O)N[C@@H](Cc2ccccc2)C(=O)N2CCC[C@@H]2C(=O)N[C@H]1Cc1ccccc1. The quantitative estimate of drug-likeness (QED) is 0.383. The summed E-state index contributed by atoms with van der Waals surface area (Å²) in [5, 5.41) is 8.02. The van der Waals surface area contributed by atoms with E-state index in [9.17, 15) is 32.3 Å². The van der Waals surface area contributed by atoms with E-state index < -0.39 is 71.7 Å². The molecule has 0 unspecified atom stereocenters. The van der Waals surface area contributed by atoms with Crippen LogP contribution in [0, 0.1) is 17.5 Å². The summed E-state index contributed by atoms with van der Waals surface area (Å²) in [6.45, 7) is 0.289. The maximum absolute atomic E-state index is 14.7. The second-order valence-electron chi connectivity index (χ2n) is 10.8. The molecule has 43 heavy (non-hydrogen) atoms. The summed E-state index contributed by atoms with van der Waals surface area (Å²) in [6, 6.07) is 14.3. The van der Waals surface area contributed by atoms with Gasteiger partial charge in [-0.25, -0.2) is 13.2 Å². The number of amides is 4. The lowest BCUT2D eigenvalue weighted by Crippen LogP contribution is -2.62. The number of hydrogen-bond donors (Lipinski definition) is 3. The van der Waals surface area contributed by atoms with Crippen molar-refractivity contribution in [1.29, 1.82) is 0 Å². The molecule has 2 fully saturated rings. The maximum atomic E-state index is 14.7. The maximum Gasteiger partial charge on any atom is 0.246 e. The molecule has 2 saturated heterocycles. The minimum atomic E-state index is -1.48. The van der Waals surface area contributed by atoms with E-state index >= 15 is 0 Å². The molecule has 0 aliphatic carbocycles. The topological polar surface area (TPSA) is 108 Å². The number of halogens is 3. The zero-order valence-electron chi connectivity index (χ0n) is 23.2. The van der Waals surface area contributed by atoms with Crippen LogP contribution in [0.2, 0.25) is 0 Å². The average molecular weight is 593 g/mol. The second-order valence-corrected chi connectivity index (χ2v) is 10.8. The highest BCUT2D eigenvalue weighted by Crippen LogP contribution is 2.22. The number of fused-ring (bicyclic) bond motifs is 1.